The number of nitrogens with two attached hydrogens (primary N) is 1. The van der Waals surface area contributed by atoms with Crippen LogP contribution in [0.25, 0.3) is 0 Å². The first-order valence-corrected chi connectivity index (χ1v) is 6.36. The van der Waals surface area contributed by atoms with Gasteiger partial charge in [0, 0.05) is 19.8 Å². The lowest BCUT2D eigenvalue weighted by atomic mass is 10.2. The van der Waals surface area contributed by atoms with Gasteiger partial charge in [-0.2, -0.15) is 0 Å². The van der Waals surface area contributed by atoms with E-state index in [1.807, 2.05) is 0 Å². The molecule has 96 valence electrons. The van der Waals surface area contributed by atoms with Crippen molar-refractivity contribution in [1.29, 1.82) is 0 Å². The lowest BCUT2D eigenvalue weighted by Crippen LogP contribution is -2.25. The van der Waals surface area contributed by atoms with E-state index < -0.39 is 0 Å². The highest BCUT2D eigenvalue weighted by Gasteiger charge is 2.10. The lowest BCUT2D eigenvalue weighted by Gasteiger charge is -2.06. The van der Waals surface area contributed by atoms with Crippen LogP contribution in [0, 0.1) is 5.92 Å². The molecule has 0 unspecified atom stereocenters. The lowest BCUT2D eigenvalue weighted by molar-refractivity contribution is 0.0924. The molecular weight excluding hydrogens is 240 g/mol. The van der Waals surface area contributed by atoms with Gasteiger partial charge in [0.2, 0.25) is 10.1 Å². The van der Waals surface area contributed by atoms with Crippen molar-refractivity contribution in [3.8, 4) is 0 Å². The van der Waals surface area contributed by atoms with E-state index in [9.17, 15) is 4.79 Å². The Bertz CT molecular complexity index is 354. The van der Waals surface area contributed by atoms with Gasteiger partial charge in [-0.15, -0.1) is 10.2 Å². The number of nitrogen functional groups attached to an aromatic ring is 1. The number of hydrogen-bond acceptors (Lipinski definition) is 6. The molecular formula is C10H18N4O2S. The predicted octanol–water partition coefficient (Wildman–Crippen LogP) is 0.913. The van der Waals surface area contributed by atoms with E-state index >= 15 is 0 Å². The Morgan fingerprint density at radius 2 is 2.29 bits per heavy atom. The third-order valence-corrected chi connectivity index (χ3v) is 2.59. The van der Waals surface area contributed by atoms with Crippen LogP contribution in [0.15, 0.2) is 0 Å². The van der Waals surface area contributed by atoms with Gasteiger partial charge in [-0.1, -0.05) is 25.2 Å². The summed E-state index contributed by atoms with van der Waals surface area (Å²) in [6.45, 7) is 6.16. The van der Waals surface area contributed by atoms with Gasteiger partial charge in [-0.05, 0) is 12.3 Å². The molecule has 1 rings (SSSR count). The number of ether oxygens (including phenoxy) is 1. The van der Waals surface area contributed by atoms with Crippen molar-refractivity contribution in [2.24, 2.45) is 5.92 Å². The molecule has 0 spiro atoms. The van der Waals surface area contributed by atoms with Gasteiger partial charge >= 0.3 is 0 Å². The maximum absolute atomic E-state index is 11.5. The molecule has 0 radical (unpaired) electrons. The van der Waals surface area contributed by atoms with E-state index in [2.05, 4.69) is 29.4 Å². The highest BCUT2D eigenvalue weighted by molar-refractivity contribution is 7.16. The predicted molar refractivity (Wildman–Crippen MR) is 66.9 cm³/mol. The Labute approximate surface area is 105 Å². The van der Waals surface area contributed by atoms with Crippen molar-refractivity contribution < 1.29 is 9.53 Å². The van der Waals surface area contributed by atoms with Crippen LogP contribution >= 0.6 is 11.3 Å². The zero-order valence-corrected chi connectivity index (χ0v) is 10.9. The maximum Gasteiger partial charge on any atom is 0.282 e. The van der Waals surface area contributed by atoms with E-state index in [1.54, 1.807) is 0 Å². The van der Waals surface area contributed by atoms with E-state index in [0.29, 0.717) is 29.2 Å². The Morgan fingerprint density at radius 3 is 2.88 bits per heavy atom. The number of carbonyl (C=O) groups is 1. The standard InChI is InChI=1S/C10H18N4O2S/c1-7(2)6-16-5-3-4-12-8(15)9-13-14-10(11)17-9/h7H,3-6H2,1-2H3,(H2,11,14)(H,12,15). The molecule has 1 aromatic rings. The van der Waals surface area contributed by atoms with Crippen LogP contribution in [-0.2, 0) is 4.74 Å². The highest BCUT2D eigenvalue weighted by atomic mass is 32.1. The third-order valence-electron chi connectivity index (χ3n) is 1.84. The summed E-state index contributed by atoms with van der Waals surface area (Å²) >= 11 is 1.08. The molecule has 17 heavy (non-hydrogen) atoms. The first kappa shape index (κ1) is 13.9. The Hall–Kier alpha value is -1.21. The van der Waals surface area contributed by atoms with Gasteiger partial charge in [0.25, 0.3) is 5.91 Å². The average Bonchev–Trinajstić information content (AvgIpc) is 2.69. The summed E-state index contributed by atoms with van der Waals surface area (Å²) in [7, 11) is 0. The molecule has 0 aromatic carbocycles. The third kappa shape index (κ3) is 5.60. The monoisotopic (exact) mass is 258 g/mol. The molecule has 0 fully saturated rings. The number of carbonyl (C=O) groups excluding carboxylic acids is 1. The van der Waals surface area contributed by atoms with Crippen molar-refractivity contribution in [3.63, 3.8) is 0 Å². The van der Waals surface area contributed by atoms with Crippen LogP contribution < -0.4 is 11.1 Å². The molecule has 1 amide bonds. The number of nitrogens with one attached hydrogen (secondary N) is 1. The van der Waals surface area contributed by atoms with Crippen LogP contribution in [0.5, 0.6) is 0 Å². The van der Waals surface area contributed by atoms with Gasteiger partial charge < -0.3 is 15.8 Å². The quantitative estimate of drug-likeness (QED) is 0.709. The molecule has 1 aromatic heterocycles. The fraction of sp³-hybridized carbons (Fsp3) is 0.700. The number of anilines is 1. The first-order chi connectivity index (χ1) is 8.09. The minimum absolute atomic E-state index is 0.233. The highest BCUT2D eigenvalue weighted by Crippen LogP contribution is 2.10. The summed E-state index contributed by atoms with van der Waals surface area (Å²) in [6.07, 6.45) is 0.784. The smallest absolute Gasteiger partial charge is 0.282 e. The molecule has 0 bridgehead atoms. The minimum atomic E-state index is -0.233. The van der Waals surface area contributed by atoms with Crippen molar-refractivity contribution in [1.82, 2.24) is 15.5 Å². The van der Waals surface area contributed by atoms with Gasteiger partial charge in [0.15, 0.2) is 0 Å². The molecule has 0 aliphatic rings. The van der Waals surface area contributed by atoms with E-state index in [1.165, 1.54) is 0 Å². The normalized spacial score (nSPS) is 10.8. The zero-order valence-electron chi connectivity index (χ0n) is 10.1. The van der Waals surface area contributed by atoms with Crippen molar-refractivity contribution in [2.45, 2.75) is 20.3 Å². The second-order valence-electron chi connectivity index (χ2n) is 4.02. The molecule has 0 saturated carbocycles. The largest absolute Gasteiger partial charge is 0.381 e. The Balaban J connectivity index is 2.09. The van der Waals surface area contributed by atoms with Crippen LogP contribution in [0.1, 0.15) is 30.1 Å². The van der Waals surface area contributed by atoms with Crippen molar-refractivity contribution in [3.05, 3.63) is 5.01 Å². The number of rotatable bonds is 7. The number of hydrogen-bond donors (Lipinski definition) is 2. The fourth-order valence-electron chi connectivity index (χ4n) is 1.10. The van der Waals surface area contributed by atoms with Crippen LogP contribution in [0.4, 0.5) is 5.13 Å². The molecule has 0 aliphatic carbocycles. The van der Waals surface area contributed by atoms with Crippen molar-refractivity contribution in [2.75, 3.05) is 25.5 Å². The number of aromatic nitrogens is 2. The molecule has 0 atom stereocenters. The molecule has 1 heterocycles. The second kappa shape index (κ2) is 7.18. The average molecular weight is 258 g/mol. The van der Waals surface area contributed by atoms with Gasteiger partial charge in [0.1, 0.15) is 0 Å². The molecule has 7 heteroatoms. The molecule has 0 aliphatic heterocycles. The summed E-state index contributed by atoms with van der Waals surface area (Å²) in [6, 6.07) is 0. The van der Waals surface area contributed by atoms with E-state index in [0.717, 1.165) is 24.4 Å². The van der Waals surface area contributed by atoms with E-state index in [4.69, 9.17) is 10.5 Å². The van der Waals surface area contributed by atoms with E-state index in [-0.39, 0.29) is 5.91 Å². The minimum Gasteiger partial charge on any atom is -0.381 e. The Morgan fingerprint density at radius 1 is 1.53 bits per heavy atom. The summed E-state index contributed by atoms with van der Waals surface area (Å²) in [5.74, 6) is 0.303. The SMILES string of the molecule is CC(C)COCCCNC(=O)c1nnc(N)s1. The summed E-state index contributed by atoms with van der Waals surface area (Å²) in [5.41, 5.74) is 5.38. The van der Waals surface area contributed by atoms with Crippen LogP contribution in [0.3, 0.4) is 0 Å². The topological polar surface area (TPSA) is 90.1 Å². The molecule has 3 N–H and O–H groups in total. The summed E-state index contributed by atoms with van der Waals surface area (Å²) < 4.78 is 5.39. The fourth-order valence-corrected chi connectivity index (χ4v) is 1.62. The summed E-state index contributed by atoms with van der Waals surface area (Å²) in [5, 5.41) is 10.6. The molecule has 0 saturated heterocycles. The number of nitrogens with zero attached hydrogens (tertiary/aromatic N) is 2. The molecule has 6 nitrogen and oxygen atoms in total. The van der Waals surface area contributed by atoms with Crippen LogP contribution in [0.2, 0.25) is 0 Å². The first-order valence-electron chi connectivity index (χ1n) is 5.54. The van der Waals surface area contributed by atoms with Gasteiger partial charge in [-0.25, -0.2) is 0 Å². The second-order valence-corrected chi connectivity index (χ2v) is 5.03. The van der Waals surface area contributed by atoms with Crippen molar-refractivity contribution >= 4 is 22.4 Å². The zero-order chi connectivity index (χ0) is 12.7. The number of amides is 1. The van der Waals surface area contributed by atoms with Gasteiger partial charge in [0.05, 0.1) is 0 Å². The van der Waals surface area contributed by atoms with Gasteiger partial charge in [-0.3, -0.25) is 4.79 Å². The summed E-state index contributed by atoms with van der Waals surface area (Å²) in [4.78, 5) is 11.5. The van der Waals surface area contributed by atoms with Crippen LogP contribution in [-0.4, -0.2) is 35.9 Å². The Kier molecular flexibility index (Phi) is 5.85. The maximum atomic E-state index is 11.5.